The van der Waals surface area contributed by atoms with Crippen LogP contribution in [0.3, 0.4) is 0 Å². The molecule has 1 aromatic rings. The number of likely N-dealkylation sites (tertiary alicyclic amines) is 1. The first-order chi connectivity index (χ1) is 18.2. The molecule has 1 saturated heterocycles. The average molecular weight is 566 g/mol. The fraction of sp³-hybridized carbons (Fsp3) is 0.643. The number of rotatable bonds is 11. The number of alkyl carbamates (subject to hydrolysis) is 2. The zero-order valence-corrected chi connectivity index (χ0v) is 24.7. The maximum absolute atomic E-state index is 13.5. The van der Waals surface area contributed by atoms with E-state index in [2.05, 4.69) is 10.6 Å². The number of carbonyl (C=O) groups is 4. The third kappa shape index (κ3) is 12.6. The van der Waals surface area contributed by atoms with Gasteiger partial charge in [0, 0.05) is 18.8 Å². The monoisotopic (exact) mass is 565 g/mol. The van der Waals surface area contributed by atoms with E-state index in [1.54, 1.807) is 41.5 Å². The molecular weight excluding hydrogens is 522 g/mol. The van der Waals surface area contributed by atoms with E-state index in [0.29, 0.717) is 43.9 Å². The van der Waals surface area contributed by atoms with Crippen LogP contribution in [0.4, 0.5) is 9.59 Å². The van der Waals surface area contributed by atoms with E-state index in [9.17, 15) is 19.2 Å². The minimum absolute atomic E-state index is 0.195. The standard InChI is InChI=1S/C28H43N3O7S/c1-27(2,3)37-24(33)22-13-10-16-31(22)23(32)21(30-26(35)38-28(4,5)6)14-17-39-18-15-29-25(34)36-19-20-11-8-7-9-12-20/h7-9,11-12,21-22H,10,13-19H2,1-6H3,(H,29,34)(H,30,35)/t21-,22-/m0/s1. The lowest BCUT2D eigenvalue weighted by Gasteiger charge is -2.30. The van der Waals surface area contributed by atoms with Gasteiger partial charge in [-0.2, -0.15) is 11.8 Å². The minimum atomic E-state index is -0.862. The van der Waals surface area contributed by atoms with Crippen LogP contribution in [0, 0.1) is 0 Å². The lowest BCUT2D eigenvalue weighted by Crippen LogP contribution is -2.53. The van der Waals surface area contributed by atoms with Gasteiger partial charge < -0.3 is 29.7 Å². The van der Waals surface area contributed by atoms with Crippen molar-refractivity contribution in [2.24, 2.45) is 0 Å². The highest BCUT2D eigenvalue weighted by Gasteiger charge is 2.40. The molecule has 2 atom stereocenters. The van der Waals surface area contributed by atoms with Gasteiger partial charge in [-0.1, -0.05) is 30.3 Å². The zero-order chi connectivity index (χ0) is 29.1. The fourth-order valence-electron chi connectivity index (χ4n) is 3.86. The van der Waals surface area contributed by atoms with Crippen molar-refractivity contribution >= 4 is 35.8 Å². The largest absolute Gasteiger partial charge is 0.458 e. The van der Waals surface area contributed by atoms with Gasteiger partial charge in [-0.05, 0) is 72.1 Å². The Hall–Kier alpha value is -2.95. The fourth-order valence-corrected chi connectivity index (χ4v) is 4.71. The van der Waals surface area contributed by atoms with E-state index in [1.807, 2.05) is 30.3 Å². The normalized spacial score (nSPS) is 16.3. The van der Waals surface area contributed by atoms with Gasteiger partial charge in [0.2, 0.25) is 5.91 Å². The summed E-state index contributed by atoms with van der Waals surface area (Å²) in [5, 5.41) is 5.40. The maximum atomic E-state index is 13.5. The van der Waals surface area contributed by atoms with Gasteiger partial charge in [0.05, 0.1) is 0 Å². The van der Waals surface area contributed by atoms with E-state index in [-0.39, 0.29) is 12.5 Å². The van der Waals surface area contributed by atoms with E-state index < -0.39 is 41.4 Å². The first kappa shape index (κ1) is 32.3. The van der Waals surface area contributed by atoms with Gasteiger partial charge in [0.15, 0.2) is 0 Å². The van der Waals surface area contributed by atoms with Crippen LogP contribution < -0.4 is 10.6 Å². The molecule has 0 aromatic heterocycles. The molecule has 3 amide bonds. The summed E-state index contributed by atoms with van der Waals surface area (Å²) in [6.45, 7) is 11.6. The van der Waals surface area contributed by atoms with Crippen LogP contribution >= 0.6 is 11.8 Å². The molecule has 1 aromatic carbocycles. The molecule has 1 aliphatic heterocycles. The number of nitrogens with zero attached hydrogens (tertiary/aromatic N) is 1. The number of nitrogens with one attached hydrogen (secondary N) is 2. The number of benzene rings is 1. The van der Waals surface area contributed by atoms with Crippen molar-refractivity contribution in [2.75, 3.05) is 24.6 Å². The van der Waals surface area contributed by atoms with Crippen LogP contribution in [-0.2, 0) is 30.4 Å². The molecule has 2 rings (SSSR count). The van der Waals surface area contributed by atoms with Crippen molar-refractivity contribution in [3.63, 3.8) is 0 Å². The molecule has 1 aliphatic rings. The molecule has 0 aliphatic carbocycles. The van der Waals surface area contributed by atoms with Crippen molar-refractivity contribution in [1.29, 1.82) is 0 Å². The molecule has 0 saturated carbocycles. The van der Waals surface area contributed by atoms with E-state index >= 15 is 0 Å². The SMILES string of the molecule is CC(C)(C)OC(=O)N[C@@H](CCSCCNC(=O)OCc1ccccc1)C(=O)N1CCC[C@H]1C(=O)OC(C)(C)C. The summed E-state index contributed by atoms with van der Waals surface area (Å²) in [5.74, 6) is 0.358. The lowest BCUT2D eigenvalue weighted by molar-refractivity contribution is -0.163. The summed E-state index contributed by atoms with van der Waals surface area (Å²) >= 11 is 1.53. The third-order valence-electron chi connectivity index (χ3n) is 5.48. The molecule has 0 bridgehead atoms. The Morgan fingerprint density at radius 1 is 0.974 bits per heavy atom. The minimum Gasteiger partial charge on any atom is -0.458 e. The van der Waals surface area contributed by atoms with Crippen molar-refractivity contribution < 1.29 is 33.4 Å². The van der Waals surface area contributed by atoms with Crippen LogP contribution in [0.25, 0.3) is 0 Å². The number of hydrogen-bond donors (Lipinski definition) is 2. The first-order valence-electron chi connectivity index (χ1n) is 13.3. The average Bonchev–Trinajstić information content (AvgIpc) is 3.32. The van der Waals surface area contributed by atoms with Crippen LogP contribution in [-0.4, -0.2) is 76.8 Å². The molecule has 10 nitrogen and oxygen atoms in total. The number of hydrogen-bond acceptors (Lipinski definition) is 8. The van der Waals surface area contributed by atoms with E-state index in [0.717, 1.165) is 5.56 Å². The maximum Gasteiger partial charge on any atom is 0.408 e. The highest BCUT2D eigenvalue weighted by atomic mass is 32.2. The summed E-state index contributed by atoms with van der Waals surface area (Å²) in [5.41, 5.74) is -0.483. The van der Waals surface area contributed by atoms with E-state index in [1.165, 1.54) is 16.7 Å². The van der Waals surface area contributed by atoms with Crippen LogP contribution in [0.5, 0.6) is 0 Å². The summed E-state index contributed by atoms with van der Waals surface area (Å²) in [6.07, 6.45) is 0.331. The Morgan fingerprint density at radius 2 is 1.64 bits per heavy atom. The first-order valence-corrected chi connectivity index (χ1v) is 14.5. The third-order valence-corrected chi connectivity index (χ3v) is 6.50. The van der Waals surface area contributed by atoms with Gasteiger partial charge in [0.1, 0.15) is 29.9 Å². The predicted molar refractivity (Wildman–Crippen MR) is 150 cm³/mol. The predicted octanol–water partition coefficient (Wildman–Crippen LogP) is 4.26. The molecule has 0 spiro atoms. The highest BCUT2D eigenvalue weighted by molar-refractivity contribution is 7.99. The summed E-state index contributed by atoms with van der Waals surface area (Å²) in [7, 11) is 0. The molecule has 218 valence electrons. The van der Waals surface area contributed by atoms with Gasteiger partial charge in [-0.25, -0.2) is 14.4 Å². The Morgan fingerprint density at radius 3 is 2.28 bits per heavy atom. The Labute approximate surface area is 235 Å². The number of amides is 3. The zero-order valence-electron chi connectivity index (χ0n) is 23.9. The van der Waals surface area contributed by atoms with Crippen LogP contribution in [0.1, 0.15) is 66.4 Å². The van der Waals surface area contributed by atoms with Gasteiger partial charge in [0.25, 0.3) is 0 Å². The molecule has 11 heteroatoms. The van der Waals surface area contributed by atoms with Gasteiger partial charge >= 0.3 is 18.2 Å². The molecule has 39 heavy (non-hydrogen) atoms. The second-order valence-corrected chi connectivity index (χ2v) is 12.5. The number of esters is 1. The number of ether oxygens (including phenoxy) is 3. The summed E-state index contributed by atoms with van der Waals surface area (Å²) < 4.78 is 16.1. The molecule has 0 radical (unpaired) electrons. The summed E-state index contributed by atoms with van der Waals surface area (Å²) in [4.78, 5) is 52.2. The van der Waals surface area contributed by atoms with Crippen LogP contribution in [0.2, 0.25) is 0 Å². The molecule has 0 unspecified atom stereocenters. The van der Waals surface area contributed by atoms with Gasteiger partial charge in [-0.3, -0.25) is 4.79 Å². The van der Waals surface area contributed by atoms with Crippen LogP contribution in [0.15, 0.2) is 30.3 Å². The number of carbonyl (C=O) groups excluding carboxylic acids is 4. The van der Waals surface area contributed by atoms with Crippen molar-refractivity contribution in [2.45, 2.75) is 90.7 Å². The second-order valence-electron chi connectivity index (χ2n) is 11.3. The van der Waals surface area contributed by atoms with Crippen molar-refractivity contribution in [3.8, 4) is 0 Å². The quantitative estimate of drug-likeness (QED) is 0.232. The Bertz CT molecular complexity index is 960. The smallest absolute Gasteiger partial charge is 0.408 e. The second kappa shape index (κ2) is 15.0. The Kier molecular flexibility index (Phi) is 12.4. The molecular formula is C28H43N3O7S. The topological polar surface area (TPSA) is 123 Å². The van der Waals surface area contributed by atoms with Crippen molar-refractivity contribution in [1.82, 2.24) is 15.5 Å². The van der Waals surface area contributed by atoms with E-state index in [4.69, 9.17) is 14.2 Å². The Balaban J connectivity index is 1.87. The molecule has 2 N–H and O–H groups in total. The summed E-state index contributed by atoms with van der Waals surface area (Å²) in [6, 6.07) is 7.87. The van der Waals surface area contributed by atoms with Crippen molar-refractivity contribution in [3.05, 3.63) is 35.9 Å². The van der Waals surface area contributed by atoms with Gasteiger partial charge in [-0.15, -0.1) is 0 Å². The molecule has 1 fully saturated rings. The molecule has 1 heterocycles. The number of thioether (sulfide) groups is 1. The lowest BCUT2D eigenvalue weighted by atomic mass is 10.1. The highest BCUT2D eigenvalue weighted by Crippen LogP contribution is 2.23.